The van der Waals surface area contributed by atoms with Crippen molar-refractivity contribution in [3.63, 3.8) is 0 Å². The first kappa shape index (κ1) is 13.6. The lowest BCUT2D eigenvalue weighted by Gasteiger charge is -2.32. The summed E-state index contributed by atoms with van der Waals surface area (Å²) in [5, 5.41) is 8.87. The Morgan fingerprint density at radius 2 is 2.11 bits per heavy atom. The molecule has 3 nitrogen and oxygen atoms in total. The molecule has 0 unspecified atom stereocenters. The van der Waals surface area contributed by atoms with E-state index in [2.05, 4.69) is 22.0 Å². The number of hydrogen-bond acceptors (Lipinski definition) is 3. The van der Waals surface area contributed by atoms with E-state index in [4.69, 9.17) is 5.26 Å². The van der Waals surface area contributed by atoms with Crippen LogP contribution in [0.2, 0.25) is 0 Å². The lowest BCUT2D eigenvalue weighted by molar-refractivity contribution is 0.0691. The van der Waals surface area contributed by atoms with Crippen molar-refractivity contribution < 1.29 is 4.79 Å². The van der Waals surface area contributed by atoms with Gasteiger partial charge in [-0.2, -0.15) is 5.26 Å². The van der Waals surface area contributed by atoms with Gasteiger partial charge in [0.05, 0.1) is 14.7 Å². The molecule has 0 bridgehead atoms. The number of nitriles is 1. The highest BCUT2D eigenvalue weighted by molar-refractivity contribution is 9.11. The van der Waals surface area contributed by atoms with Crippen LogP contribution in [-0.4, -0.2) is 23.9 Å². The van der Waals surface area contributed by atoms with Gasteiger partial charge < -0.3 is 4.90 Å². The van der Waals surface area contributed by atoms with Crippen LogP contribution in [0.15, 0.2) is 15.9 Å². The zero-order valence-corrected chi connectivity index (χ0v) is 12.6. The summed E-state index contributed by atoms with van der Waals surface area (Å²) in [7, 11) is 1.87. The minimum atomic E-state index is 0.0890. The van der Waals surface area contributed by atoms with E-state index in [1.807, 2.05) is 24.1 Å². The van der Waals surface area contributed by atoms with Gasteiger partial charge in [-0.15, -0.1) is 11.3 Å². The van der Waals surface area contributed by atoms with Crippen LogP contribution in [-0.2, 0) is 0 Å². The Bertz CT molecular complexity index is 472. The summed E-state index contributed by atoms with van der Waals surface area (Å²) < 4.78 is 0.979. The maximum atomic E-state index is 12.3. The van der Waals surface area contributed by atoms with Crippen molar-refractivity contribution in [2.24, 2.45) is 5.92 Å². The fourth-order valence-corrected chi connectivity index (χ4v) is 3.73. The molecule has 1 aliphatic carbocycles. The number of rotatable bonds is 2. The Kier molecular flexibility index (Phi) is 4.41. The van der Waals surface area contributed by atoms with Crippen LogP contribution in [0.3, 0.4) is 0 Å². The van der Waals surface area contributed by atoms with E-state index in [0.717, 1.165) is 34.3 Å². The second kappa shape index (κ2) is 5.85. The molecule has 2 rings (SSSR count). The summed E-state index contributed by atoms with van der Waals surface area (Å²) in [5.41, 5.74) is 0. The average Bonchev–Trinajstić information content (AvgIpc) is 2.84. The fourth-order valence-electron chi connectivity index (χ4n) is 2.36. The van der Waals surface area contributed by atoms with Crippen LogP contribution in [0.25, 0.3) is 0 Å². The Morgan fingerprint density at radius 1 is 1.44 bits per heavy atom. The van der Waals surface area contributed by atoms with Gasteiger partial charge >= 0.3 is 0 Å². The minimum absolute atomic E-state index is 0.0890. The van der Waals surface area contributed by atoms with E-state index in [1.165, 1.54) is 11.3 Å². The molecule has 0 radical (unpaired) electrons. The van der Waals surface area contributed by atoms with Gasteiger partial charge in [-0.05, 0) is 53.7 Å². The van der Waals surface area contributed by atoms with Crippen molar-refractivity contribution in [3.8, 4) is 6.07 Å². The zero-order valence-electron chi connectivity index (χ0n) is 10.2. The van der Waals surface area contributed by atoms with Gasteiger partial charge in [0.2, 0.25) is 0 Å². The Balaban J connectivity index is 1.98. The standard InChI is InChI=1S/C13H15BrN2OS/c1-16(10-4-2-9(8-15)3-5-10)13(17)11-6-7-12(14)18-11/h6-7,9-10H,2-5H2,1H3. The van der Waals surface area contributed by atoms with E-state index in [1.54, 1.807) is 0 Å². The van der Waals surface area contributed by atoms with E-state index in [0.29, 0.717) is 0 Å². The third-order valence-corrected chi connectivity index (χ3v) is 5.14. The normalized spacial score (nSPS) is 23.4. The van der Waals surface area contributed by atoms with Gasteiger partial charge in [0.15, 0.2) is 0 Å². The average molecular weight is 327 g/mol. The number of hydrogen-bond donors (Lipinski definition) is 0. The number of amides is 1. The Labute approximate surface area is 120 Å². The van der Waals surface area contributed by atoms with Gasteiger partial charge in [-0.25, -0.2) is 0 Å². The number of carbonyl (C=O) groups excluding carboxylic acids is 1. The summed E-state index contributed by atoms with van der Waals surface area (Å²) in [5.74, 6) is 0.270. The Hall–Kier alpha value is -0.860. The van der Waals surface area contributed by atoms with Gasteiger partial charge in [0, 0.05) is 19.0 Å². The lowest BCUT2D eigenvalue weighted by atomic mass is 9.86. The predicted molar refractivity (Wildman–Crippen MR) is 75.5 cm³/mol. The van der Waals surface area contributed by atoms with Crippen LogP contribution in [0, 0.1) is 17.2 Å². The first-order chi connectivity index (χ1) is 8.61. The van der Waals surface area contributed by atoms with Crippen molar-refractivity contribution in [1.82, 2.24) is 4.90 Å². The minimum Gasteiger partial charge on any atom is -0.338 e. The summed E-state index contributed by atoms with van der Waals surface area (Å²) in [6.45, 7) is 0. The van der Waals surface area contributed by atoms with Gasteiger partial charge in [0.1, 0.15) is 0 Å². The second-order valence-electron chi connectivity index (χ2n) is 4.65. The smallest absolute Gasteiger partial charge is 0.263 e. The molecule has 0 aliphatic heterocycles. The van der Waals surface area contributed by atoms with E-state index >= 15 is 0 Å². The van der Waals surface area contributed by atoms with Gasteiger partial charge in [0.25, 0.3) is 5.91 Å². The third kappa shape index (κ3) is 2.93. The maximum absolute atomic E-state index is 12.3. The number of halogens is 1. The second-order valence-corrected chi connectivity index (χ2v) is 7.12. The molecule has 1 amide bonds. The molecule has 1 aromatic heterocycles. The monoisotopic (exact) mass is 326 g/mol. The van der Waals surface area contributed by atoms with Crippen LogP contribution in [0.5, 0.6) is 0 Å². The zero-order chi connectivity index (χ0) is 13.1. The quantitative estimate of drug-likeness (QED) is 0.832. The van der Waals surface area contributed by atoms with Crippen LogP contribution >= 0.6 is 27.3 Å². The fraction of sp³-hybridized carbons (Fsp3) is 0.538. The number of carbonyl (C=O) groups is 1. The largest absolute Gasteiger partial charge is 0.338 e. The molecule has 0 N–H and O–H groups in total. The summed E-state index contributed by atoms with van der Waals surface area (Å²) in [4.78, 5) is 14.9. The molecule has 0 atom stereocenters. The maximum Gasteiger partial charge on any atom is 0.263 e. The SMILES string of the molecule is CN(C(=O)c1ccc(Br)s1)C1CCC(C#N)CC1. The molecule has 0 spiro atoms. The topological polar surface area (TPSA) is 44.1 Å². The molecule has 1 fully saturated rings. The number of thiophene rings is 1. The van der Waals surface area contributed by atoms with Crippen LogP contribution in [0.1, 0.15) is 35.4 Å². The molecule has 1 saturated carbocycles. The van der Waals surface area contributed by atoms with E-state index in [9.17, 15) is 4.79 Å². The predicted octanol–water partition coefficient (Wildman–Crippen LogP) is 3.66. The van der Waals surface area contributed by atoms with Crippen LogP contribution in [0.4, 0.5) is 0 Å². The van der Waals surface area contributed by atoms with E-state index in [-0.39, 0.29) is 17.9 Å². The third-order valence-electron chi connectivity index (χ3n) is 3.53. The van der Waals surface area contributed by atoms with E-state index < -0.39 is 0 Å². The summed E-state index contributed by atoms with van der Waals surface area (Å²) >= 11 is 4.84. The summed E-state index contributed by atoms with van der Waals surface area (Å²) in [6, 6.07) is 6.36. The summed E-state index contributed by atoms with van der Waals surface area (Å²) in [6.07, 6.45) is 3.69. The molecule has 96 valence electrons. The molecule has 0 saturated heterocycles. The van der Waals surface area contributed by atoms with Gasteiger partial charge in [-0.3, -0.25) is 4.79 Å². The number of nitrogens with zero attached hydrogens (tertiary/aromatic N) is 2. The lowest BCUT2D eigenvalue weighted by Crippen LogP contribution is -2.39. The highest BCUT2D eigenvalue weighted by Crippen LogP contribution is 2.29. The molecule has 18 heavy (non-hydrogen) atoms. The molecule has 1 aromatic rings. The molecule has 1 heterocycles. The molecular formula is C13H15BrN2OS. The molecule has 1 aliphatic rings. The highest BCUT2D eigenvalue weighted by Gasteiger charge is 2.27. The highest BCUT2D eigenvalue weighted by atomic mass is 79.9. The molecule has 0 aromatic carbocycles. The van der Waals surface area contributed by atoms with Crippen molar-refractivity contribution >= 4 is 33.2 Å². The first-order valence-electron chi connectivity index (χ1n) is 6.04. The van der Waals surface area contributed by atoms with Crippen molar-refractivity contribution in [3.05, 3.63) is 20.8 Å². The molecular weight excluding hydrogens is 312 g/mol. The Morgan fingerprint density at radius 3 is 2.61 bits per heavy atom. The van der Waals surface area contributed by atoms with Crippen molar-refractivity contribution in [2.45, 2.75) is 31.7 Å². The van der Waals surface area contributed by atoms with Crippen molar-refractivity contribution in [2.75, 3.05) is 7.05 Å². The first-order valence-corrected chi connectivity index (χ1v) is 7.65. The van der Waals surface area contributed by atoms with Crippen LogP contribution < -0.4 is 0 Å². The van der Waals surface area contributed by atoms with Gasteiger partial charge in [-0.1, -0.05) is 0 Å². The molecule has 5 heteroatoms. The van der Waals surface area contributed by atoms with Crippen molar-refractivity contribution in [1.29, 1.82) is 5.26 Å².